The van der Waals surface area contributed by atoms with Crippen molar-refractivity contribution in [2.75, 3.05) is 7.11 Å². The normalized spacial score (nSPS) is 18.1. The molecule has 1 aliphatic rings. The maximum Gasteiger partial charge on any atom is 0.335 e. The molecule has 2 aromatic rings. The van der Waals surface area contributed by atoms with Gasteiger partial charge in [0.15, 0.2) is 0 Å². The molecule has 5 nitrogen and oxygen atoms in total. The first-order valence-corrected chi connectivity index (χ1v) is 7.99. The van der Waals surface area contributed by atoms with Gasteiger partial charge in [0.2, 0.25) is 0 Å². The summed E-state index contributed by atoms with van der Waals surface area (Å²) in [5.41, 5.74) is 3.21. The SMILES string of the molecule is COC1=C/Cc2nn(-c3cccc(C(=O)O)c3)cc2CCC/C=C\1. The van der Waals surface area contributed by atoms with Crippen LogP contribution in [0.5, 0.6) is 0 Å². The third kappa shape index (κ3) is 3.56. The summed E-state index contributed by atoms with van der Waals surface area (Å²) in [6, 6.07) is 6.82. The molecule has 0 atom stereocenters. The lowest BCUT2D eigenvalue weighted by atomic mass is 10.1. The van der Waals surface area contributed by atoms with Gasteiger partial charge in [-0.2, -0.15) is 5.10 Å². The molecule has 24 heavy (non-hydrogen) atoms. The van der Waals surface area contributed by atoms with Gasteiger partial charge in [0.25, 0.3) is 0 Å². The summed E-state index contributed by atoms with van der Waals surface area (Å²) in [6.45, 7) is 0. The summed E-state index contributed by atoms with van der Waals surface area (Å²) in [6.07, 6.45) is 11.8. The van der Waals surface area contributed by atoms with Crippen molar-refractivity contribution in [3.05, 3.63) is 71.3 Å². The van der Waals surface area contributed by atoms with Gasteiger partial charge in [-0.3, -0.25) is 0 Å². The molecule has 1 aromatic heterocycles. The number of aromatic nitrogens is 2. The summed E-state index contributed by atoms with van der Waals surface area (Å²) >= 11 is 0. The number of benzene rings is 1. The van der Waals surface area contributed by atoms with Crippen LogP contribution in [0.2, 0.25) is 0 Å². The number of fused-ring (bicyclic) bond motifs is 1. The lowest BCUT2D eigenvalue weighted by Gasteiger charge is -2.04. The second-order valence-corrected chi connectivity index (χ2v) is 5.71. The van der Waals surface area contributed by atoms with Crippen molar-refractivity contribution in [2.24, 2.45) is 0 Å². The number of ether oxygens (including phenoxy) is 1. The Kier molecular flexibility index (Phi) is 4.79. The highest BCUT2D eigenvalue weighted by molar-refractivity contribution is 5.88. The number of hydrogen-bond donors (Lipinski definition) is 1. The lowest BCUT2D eigenvalue weighted by Crippen LogP contribution is -2.00. The Balaban J connectivity index is 1.95. The molecule has 1 N–H and O–H groups in total. The zero-order valence-electron chi connectivity index (χ0n) is 13.6. The van der Waals surface area contributed by atoms with Crippen molar-refractivity contribution in [1.29, 1.82) is 0 Å². The summed E-state index contributed by atoms with van der Waals surface area (Å²) in [5, 5.41) is 13.8. The fourth-order valence-corrected chi connectivity index (χ4v) is 2.77. The molecule has 0 bridgehead atoms. The van der Waals surface area contributed by atoms with E-state index in [1.54, 1.807) is 30.0 Å². The summed E-state index contributed by atoms with van der Waals surface area (Å²) in [5.74, 6) is -0.0978. The van der Waals surface area contributed by atoms with Gasteiger partial charge in [0.05, 0.1) is 24.1 Å². The molecule has 0 saturated carbocycles. The maximum absolute atomic E-state index is 11.2. The molecule has 0 radical (unpaired) electrons. The van der Waals surface area contributed by atoms with Crippen LogP contribution in [0.15, 0.2) is 54.4 Å². The van der Waals surface area contributed by atoms with Crippen LogP contribution in [-0.4, -0.2) is 28.0 Å². The molecule has 0 aliphatic heterocycles. The van der Waals surface area contributed by atoms with Crippen LogP contribution >= 0.6 is 0 Å². The number of carboxylic acids is 1. The predicted molar refractivity (Wildman–Crippen MR) is 91.4 cm³/mol. The average molecular weight is 324 g/mol. The van der Waals surface area contributed by atoms with E-state index in [0.29, 0.717) is 6.42 Å². The zero-order chi connectivity index (χ0) is 16.9. The second kappa shape index (κ2) is 7.17. The van der Waals surface area contributed by atoms with Gasteiger partial charge in [-0.25, -0.2) is 9.48 Å². The molecule has 3 rings (SSSR count). The Bertz CT molecular complexity index is 803. The smallest absolute Gasteiger partial charge is 0.335 e. The monoisotopic (exact) mass is 324 g/mol. The van der Waals surface area contributed by atoms with Crippen molar-refractivity contribution >= 4 is 5.97 Å². The van der Waals surface area contributed by atoms with E-state index in [-0.39, 0.29) is 5.56 Å². The van der Waals surface area contributed by atoms with Crippen LogP contribution in [0.4, 0.5) is 0 Å². The molecule has 0 saturated heterocycles. The number of carboxylic acid groups (broad SMARTS) is 1. The Hall–Kier alpha value is -2.82. The van der Waals surface area contributed by atoms with Crippen LogP contribution in [0.25, 0.3) is 5.69 Å². The van der Waals surface area contributed by atoms with Crippen LogP contribution in [0.3, 0.4) is 0 Å². The highest BCUT2D eigenvalue weighted by atomic mass is 16.5. The predicted octanol–water partition coefficient (Wildman–Crippen LogP) is 3.54. The van der Waals surface area contributed by atoms with Crippen molar-refractivity contribution in [3.8, 4) is 5.69 Å². The number of allylic oxidation sites excluding steroid dienone is 3. The lowest BCUT2D eigenvalue weighted by molar-refractivity contribution is 0.0697. The van der Waals surface area contributed by atoms with Crippen LogP contribution in [-0.2, 0) is 17.6 Å². The molecule has 0 amide bonds. The minimum atomic E-state index is -0.936. The van der Waals surface area contributed by atoms with E-state index in [0.717, 1.165) is 36.4 Å². The van der Waals surface area contributed by atoms with Crippen LogP contribution in [0.1, 0.15) is 34.5 Å². The first-order chi connectivity index (χ1) is 11.7. The van der Waals surface area contributed by atoms with Crippen molar-refractivity contribution in [2.45, 2.75) is 25.7 Å². The minimum absolute atomic E-state index is 0.259. The van der Waals surface area contributed by atoms with Gasteiger partial charge in [-0.15, -0.1) is 0 Å². The minimum Gasteiger partial charge on any atom is -0.497 e. The molecular formula is C19H20N2O3. The molecule has 1 aromatic carbocycles. The number of aryl methyl sites for hydroxylation is 1. The van der Waals surface area contributed by atoms with Gasteiger partial charge in [0.1, 0.15) is 5.76 Å². The maximum atomic E-state index is 11.2. The Labute approximate surface area is 140 Å². The number of aromatic carboxylic acids is 1. The highest BCUT2D eigenvalue weighted by Crippen LogP contribution is 2.19. The van der Waals surface area contributed by atoms with E-state index in [1.165, 1.54) is 5.56 Å². The van der Waals surface area contributed by atoms with Crippen molar-refractivity contribution < 1.29 is 14.6 Å². The third-order valence-corrected chi connectivity index (χ3v) is 4.07. The van der Waals surface area contributed by atoms with Crippen molar-refractivity contribution in [3.63, 3.8) is 0 Å². The molecule has 124 valence electrons. The quantitative estimate of drug-likeness (QED) is 0.938. The number of nitrogens with zero attached hydrogens (tertiary/aromatic N) is 2. The molecule has 0 unspecified atom stereocenters. The van der Waals surface area contributed by atoms with E-state index in [4.69, 9.17) is 9.84 Å². The highest BCUT2D eigenvalue weighted by Gasteiger charge is 2.12. The van der Waals surface area contributed by atoms with Crippen LogP contribution < -0.4 is 0 Å². The summed E-state index contributed by atoms with van der Waals surface area (Å²) in [7, 11) is 1.67. The van der Waals surface area contributed by atoms with E-state index < -0.39 is 5.97 Å². The van der Waals surface area contributed by atoms with Crippen molar-refractivity contribution in [1.82, 2.24) is 9.78 Å². The van der Waals surface area contributed by atoms with E-state index in [9.17, 15) is 4.79 Å². The molecular weight excluding hydrogens is 304 g/mol. The fraction of sp³-hybridized carbons (Fsp3) is 0.263. The van der Waals surface area contributed by atoms with Gasteiger partial charge in [-0.1, -0.05) is 12.1 Å². The first-order valence-electron chi connectivity index (χ1n) is 7.99. The number of rotatable bonds is 3. The fourth-order valence-electron chi connectivity index (χ4n) is 2.77. The van der Waals surface area contributed by atoms with Crippen LogP contribution in [0, 0.1) is 0 Å². The average Bonchev–Trinajstić information content (AvgIpc) is 3.01. The Morgan fingerprint density at radius 2 is 2.25 bits per heavy atom. The molecule has 0 spiro atoms. The number of methoxy groups -OCH3 is 1. The van der Waals surface area contributed by atoms with Gasteiger partial charge < -0.3 is 9.84 Å². The standard InChI is InChI=1S/C19H20N2O3/c1-24-17-9-4-2-3-6-15-13-21(20-18(15)11-10-17)16-8-5-7-14(12-16)19(22)23/h4-5,7-10,12-13H,2-3,6,11H2,1H3,(H,22,23)/b9-4-,17-10+. The van der Waals surface area contributed by atoms with Gasteiger partial charge >= 0.3 is 5.97 Å². The topological polar surface area (TPSA) is 64.4 Å². The van der Waals surface area contributed by atoms with E-state index in [2.05, 4.69) is 11.2 Å². The van der Waals surface area contributed by atoms with E-state index in [1.807, 2.05) is 24.4 Å². The summed E-state index contributed by atoms with van der Waals surface area (Å²) < 4.78 is 7.11. The Morgan fingerprint density at radius 1 is 1.38 bits per heavy atom. The number of carbonyl (C=O) groups is 1. The van der Waals surface area contributed by atoms with Gasteiger partial charge in [-0.05, 0) is 55.2 Å². The van der Waals surface area contributed by atoms with E-state index >= 15 is 0 Å². The Morgan fingerprint density at radius 3 is 3.04 bits per heavy atom. The third-order valence-electron chi connectivity index (χ3n) is 4.07. The molecule has 0 fully saturated rings. The molecule has 5 heteroatoms. The summed E-state index contributed by atoms with van der Waals surface area (Å²) in [4.78, 5) is 11.2. The number of hydrogen-bond acceptors (Lipinski definition) is 3. The second-order valence-electron chi connectivity index (χ2n) is 5.71. The largest absolute Gasteiger partial charge is 0.497 e. The zero-order valence-corrected chi connectivity index (χ0v) is 13.6. The molecule has 1 heterocycles. The first kappa shape index (κ1) is 16.1. The molecule has 1 aliphatic carbocycles. The van der Waals surface area contributed by atoms with Gasteiger partial charge in [0, 0.05) is 12.6 Å².